The molecule has 1 N–H and O–H groups in total. The summed E-state index contributed by atoms with van der Waals surface area (Å²) in [5, 5.41) is 3.00. The van der Waals surface area contributed by atoms with Crippen LogP contribution < -0.4 is 15.6 Å². The van der Waals surface area contributed by atoms with E-state index in [1.165, 1.54) is 52.4 Å². The van der Waals surface area contributed by atoms with E-state index in [1.54, 1.807) is 18.3 Å². The summed E-state index contributed by atoms with van der Waals surface area (Å²) in [6, 6.07) is 10.1. The fourth-order valence-corrected chi connectivity index (χ4v) is 3.22. The minimum absolute atomic E-state index is 0.130. The van der Waals surface area contributed by atoms with E-state index in [4.69, 9.17) is 0 Å². The van der Waals surface area contributed by atoms with E-state index in [0.717, 1.165) is 10.4 Å². The molecule has 3 rings (SSSR count). The van der Waals surface area contributed by atoms with E-state index in [0.29, 0.717) is 11.6 Å². The van der Waals surface area contributed by atoms with Crippen LogP contribution in [0.3, 0.4) is 0 Å². The Hall–Kier alpha value is -3.14. The second-order valence-corrected chi connectivity index (χ2v) is 6.83. The van der Waals surface area contributed by atoms with Gasteiger partial charge in [-0.2, -0.15) is 0 Å². The molecule has 0 radical (unpaired) electrons. The average Bonchev–Trinajstić information content (AvgIpc) is 3.04. The van der Waals surface area contributed by atoms with Crippen molar-refractivity contribution >= 4 is 22.4 Å². The molecule has 146 valence electrons. The number of benzene rings is 1. The van der Waals surface area contributed by atoms with Crippen molar-refractivity contribution in [1.82, 2.24) is 9.55 Å². The molecular weight excluding hydrogens is 395 g/mol. The summed E-state index contributed by atoms with van der Waals surface area (Å²) in [5.74, 6) is -0.674. The van der Waals surface area contributed by atoms with Crippen LogP contribution >= 0.6 is 11.3 Å². The summed E-state index contributed by atoms with van der Waals surface area (Å²) in [6.45, 7) is -0.130. The normalized spacial score (nSPS) is 11.2. The van der Waals surface area contributed by atoms with Crippen molar-refractivity contribution in [2.75, 3.05) is 5.32 Å². The highest BCUT2D eigenvalue weighted by Gasteiger charge is 2.30. The number of halogens is 3. The van der Waals surface area contributed by atoms with E-state index >= 15 is 0 Å². The van der Waals surface area contributed by atoms with Gasteiger partial charge in [0.1, 0.15) is 12.3 Å². The molecule has 1 aromatic carbocycles. The molecule has 0 spiro atoms. The number of hydrogen-bond acceptors (Lipinski definition) is 5. The second kappa shape index (κ2) is 8.26. The van der Waals surface area contributed by atoms with Crippen molar-refractivity contribution in [3.63, 3.8) is 0 Å². The lowest BCUT2D eigenvalue weighted by atomic mass is 10.1. The summed E-state index contributed by atoms with van der Waals surface area (Å²) >= 11 is 1.24. The van der Waals surface area contributed by atoms with Crippen molar-refractivity contribution in [1.29, 1.82) is 0 Å². The maximum absolute atomic E-state index is 12.2. The lowest BCUT2D eigenvalue weighted by molar-refractivity contribution is -0.274. The number of nitrogens with zero attached hydrogens (tertiary/aromatic N) is 2. The predicted octanol–water partition coefficient (Wildman–Crippen LogP) is 3.43. The number of thiazole rings is 1. The summed E-state index contributed by atoms with van der Waals surface area (Å²) < 4.78 is 41.6. The Balaban J connectivity index is 1.57. The van der Waals surface area contributed by atoms with Gasteiger partial charge in [0.15, 0.2) is 5.13 Å². The third-order valence-corrected chi connectivity index (χ3v) is 4.46. The largest absolute Gasteiger partial charge is 0.573 e. The van der Waals surface area contributed by atoms with Gasteiger partial charge in [-0.1, -0.05) is 18.2 Å². The van der Waals surface area contributed by atoms with Gasteiger partial charge >= 0.3 is 6.36 Å². The molecule has 0 aliphatic rings. The molecule has 10 heteroatoms. The van der Waals surface area contributed by atoms with E-state index < -0.39 is 6.36 Å². The quantitative estimate of drug-likeness (QED) is 0.677. The van der Waals surface area contributed by atoms with Crippen molar-refractivity contribution in [2.45, 2.75) is 19.3 Å². The van der Waals surface area contributed by atoms with Crippen LogP contribution in [0, 0.1) is 0 Å². The molecule has 0 unspecified atom stereocenters. The first kappa shape index (κ1) is 19.6. The Bertz CT molecular complexity index is 1010. The first-order valence-corrected chi connectivity index (χ1v) is 8.85. The molecule has 1 amide bonds. The third-order valence-electron chi connectivity index (χ3n) is 3.55. The third kappa shape index (κ3) is 5.68. The van der Waals surface area contributed by atoms with Gasteiger partial charge in [0.25, 0.3) is 5.56 Å². The number of nitrogens with one attached hydrogen (secondary N) is 1. The summed E-state index contributed by atoms with van der Waals surface area (Å²) in [6.07, 6.45) is -1.19. The van der Waals surface area contributed by atoms with Crippen molar-refractivity contribution in [3.8, 4) is 5.75 Å². The molecular formula is C18H14F3N3O3S. The van der Waals surface area contributed by atoms with E-state index in [1.807, 2.05) is 0 Å². The van der Waals surface area contributed by atoms with Gasteiger partial charge in [0.05, 0.1) is 0 Å². The summed E-state index contributed by atoms with van der Waals surface area (Å²) in [7, 11) is 0. The topological polar surface area (TPSA) is 73.2 Å². The molecule has 0 aliphatic heterocycles. The number of pyridine rings is 1. The molecule has 3 aromatic rings. The Labute approximate surface area is 161 Å². The molecule has 2 aromatic heterocycles. The number of rotatable bonds is 6. The molecule has 6 nitrogen and oxygen atoms in total. The van der Waals surface area contributed by atoms with Gasteiger partial charge in [-0.05, 0) is 23.8 Å². The van der Waals surface area contributed by atoms with Crippen molar-refractivity contribution in [3.05, 3.63) is 75.7 Å². The van der Waals surface area contributed by atoms with E-state index in [9.17, 15) is 22.8 Å². The average molecular weight is 409 g/mol. The molecule has 0 saturated heterocycles. The zero-order valence-electron chi connectivity index (χ0n) is 14.3. The molecule has 0 atom stereocenters. The SMILES string of the molecule is O=C(Cn1ccccc1=O)Nc1ncc(Cc2ccc(OC(F)(F)F)cc2)s1. The number of carbonyl (C=O) groups excluding carboxylic acids is 1. The van der Waals surface area contributed by atoms with Crippen LogP contribution in [0.2, 0.25) is 0 Å². The lowest BCUT2D eigenvalue weighted by Gasteiger charge is -2.08. The molecule has 0 fully saturated rings. The highest BCUT2D eigenvalue weighted by Crippen LogP contribution is 2.25. The highest BCUT2D eigenvalue weighted by molar-refractivity contribution is 7.15. The fraction of sp³-hybridized carbons (Fsp3) is 0.167. The molecule has 2 heterocycles. The zero-order chi connectivity index (χ0) is 20.1. The highest BCUT2D eigenvalue weighted by atomic mass is 32.1. The predicted molar refractivity (Wildman–Crippen MR) is 97.4 cm³/mol. The Morgan fingerprint density at radius 3 is 2.61 bits per heavy atom. The molecule has 0 aliphatic carbocycles. The van der Waals surface area contributed by atoms with Gasteiger partial charge in [-0.3, -0.25) is 9.59 Å². The summed E-state index contributed by atoms with van der Waals surface area (Å²) in [5.41, 5.74) is 0.488. The number of amides is 1. The van der Waals surface area contributed by atoms with Crippen LogP contribution in [0.5, 0.6) is 5.75 Å². The number of ether oxygens (including phenoxy) is 1. The first-order chi connectivity index (χ1) is 13.3. The fourth-order valence-electron chi connectivity index (χ4n) is 2.36. The number of aromatic nitrogens is 2. The molecule has 0 bridgehead atoms. The van der Waals surface area contributed by atoms with Crippen LogP contribution in [-0.4, -0.2) is 21.8 Å². The Morgan fingerprint density at radius 1 is 1.18 bits per heavy atom. The van der Waals surface area contributed by atoms with Gasteiger partial charge < -0.3 is 14.6 Å². The van der Waals surface area contributed by atoms with E-state index in [-0.39, 0.29) is 23.8 Å². The Morgan fingerprint density at radius 2 is 1.93 bits per heavy atom. The number of hydrogen-bond donors (Lipinski definition) is 1. The van der Waals surface area contributed by atoms with Crippen LogP contribution in [0.15, 0.2) is 59.7 Å². The summed E-state index contributed by atoms with van der Waals surface area (Å²) in [4.78, 5) is 28.6. The number of alkyl halides is 3. The Kier molecular flexibility index (Phi) is 5.78. The zero-order valence-corrected chi connectivity index (χ0v) is 15.1. The number of carbonyl (C=O) groups is 1. The van der Waals surface area contributed by atoms with Crippen LogP contribution in [0.25, 0.3) is 0 Å². The van der Waals surface area contributed by atoms with Crippen LogP contribution in [0.4, 0.5) is 18.3 Å². The standard InChI is InChI=1S/C18H14F3N3O3S/c19-18(20,21)27-13-6-4-12(5-7-13)9-14-10-22-17(28-14)23-15(25)11-24-8-2-1-3-16(24)26/h1-8,10H,9,11H2,(H,22,23,25). The molecule has 0 saturated carbocycles. The monoisotopic (exact) mass is 409 g/mol. The first-order valence-electron chi connectivity index (χ1n) is 8.03. The van der Waals surface area contributed by atoms with Crippen molar-refractivity contribution in [2.24, 2.45) is 0 Å². The maximum Gasteiger partial charge on any atom is 0.573 e. The van der Waals surface area contributed by atoms with Gasteiger partial charge in [0.2, 0.25) is 5.91 Å². The molecule has 28 heavy (non-hydrogen) atoms. The number of anilines is 1. The van der Waals surface area contributed by atoms with Gasteiger partial charge in [-0.25, -0.2) is 4.98 Å². The van der Waals surface area contributed by atoms with E-state index in [2.05, 4.69) is 15.0 Å². The maximum atomic E-state index is 12.2. The smallest absolute Gasteiger partial charge is 0.406 e. The van der Waals surface area contributed by atoms with Gasteiger partial charge in [0, 0.05) is 29.8 Å². The lowest BCUT2D eigenvalue weighted by Crippen LogP contribution is -2.26. The van der Waals surface area contributed by atoms with Crippen LogP contribution in [-0.2, 0) is 17.8 Å². The van der Waals surface area contributed by atoms with Crippen LogP contribution in [0.1, 0.15) is 10.4 Å². The minimum Gasteiger partial charge on any atom is -0.406 e. The van der Waals surface area contributed by atoms with Crippen molar-refractivity contribution < 1.29 is 22.7 Å². The minimum atomic E-state index is -4.73. The van der Waals surface area contributed by atoms with Gasteiger partial charge in [-0.15, -0.1) is 24.5 Å². The second-order valence-electron chi connectivity index (χ2n) is 5.72.